The molecule has 0 amide bonds. The molecule has 1 saturated carbocycles. The maximum absolute atomic E-state index is 10.9. The summed E-state index contributed by atoms with van der Waals surface area (Å²) in [5.74, 6) is 0. The number of aliphatic hydroxyl groups is 1. The van der Waals surface area contributed by atoms with Crippen LogP contribution in [0.25, 0.3) is 0 Å². The van der Waals surface area contributed by atoms with Gasteiger partial charge in [-0.15, -0.1) is 0 Å². The zero-order valence-corrected chi connectivity index (χ0v) is 13.1. The summed E-state index contributed by atoms with van der Waals surface area (Å²) in [7, 11) is 0. The number of ether oxygens (including phenoxy) is 1. The molecule has 0 saturated heterocycles. The number of benzene rings is 1. The summed E-state index contributed by atoms with van der Waals surface area (Å²) in [5.41, 5.74) is 3.13. The van der Waals surface area contributed by atoms with Gasteiger partial charge in [-0.25, -0.2) is 0 Å². The third-order valence-electron chi connectivity index (χ3n) is 4.73. The van der Waals surface area contributed by atoms with Crippen molar-refractivity contribution in [2.24, 2.45) is 0 Å². The van der Waals surface area contributed by atoms with E-state index in [4.69, 9.17) is 4.74 Å². The van der Waals surface area contributed by atoms with Crippen molar-refractivity contribution in [3.63, 3.8) is 0 Å². The average molecular weight is 276 g/mol. The van der Waals surface area contributed by atoms with Gasteiger partial charge in [-0.3, -0.25) is 0 Å². The van der Waals surface area contributed by atoms with Gasteiger partial charge >= 0.3 is 0 Å². The van der Waals surface area contributed by atoms with Crippen molar-refractivity contribution < 1.29 is 9.84 Å². The molecule has 20 heavy (non-hydrogen) atoms. The number of hydrogen-bond acceptors (Lipinski definition) is 2. The fourth-order valence-electron chi connectivity index (χ4n) is 3.35. The van der Waals surface area contributed by atoms with Crippen molar-refractivity contribution >= 4 is 0 Å². The van der Waals surface area contributed by atoms with Crippen LogP contribution < -0.4 is 0 Å². The van der Waals surface area contributed by atoms with E-state index in [1.54, 1.807) is 0 Å². The molecule has 0 bridgehead atoms. The SMILES string of the molecule is CCOC1(C(O)c2ccc(C)c(C)c2)CCCCCC1. The predicted molar refractivity (Wildman–Crippen MR) is 82.9 cm³/mol. The second-order valence-electron chi connectivity index (χ2n) is 6.16. The van der Waals surface area contributed by atoms with Gasteiger partial charge in [0.25, 0.3) is 0 Å². The van der Waals surface area contributed by atoms with Crippen LogP contribution in [0.1, 0.15) is 68.2 Å². The van der Waals surface area contributed by atoms with Crippen LogP contribution >= 0.6 is 0 Å². The number of hydrogen-bond donors (Lipinski definition) is 1. The van der Waals surface area contributed by atoms with Crippen molar-refractivity contribution in [2.45, 2.75) is 71.0 Å². The number of rotatable bonds is 4. The Kier molecular flexibility index (Phi) is 5.22. The molecule has 2 heteroatoms. The van der Waals surface area contributed by atoms with Gasteiger partial charge in [-0.05, 0) is 50.3 Å². The summed E-state index contributed by atoms with van der Waals surface area (Å²) in [4.78, 5) is 0. The Hall–Kier alpha value is -0.860. The van der Waals surface area contributed by atoms with Gasteiger partial charge in [-0.1, -0.05) is 43.9 Å². The maximum Gasteiger partial charge on any atom is 0.108 e. The lowest BCUT2D eigenvalue weighted by Gasteiger charge is -2.37. The molecule has 1 aromatic carbocycles. The van der Waals surface area contributed by atoms with Crippen LogP contribution in [-0.2, 0) is 4.74 Å². The Morgan fingerprint density at radius 3 is 2.30 bits per heavy atom. The largest absolute Gasteiger partial charge is 0.385 e. The van der Waals surface area contributed by atoms with E-state index in [1.165, 1.54) is 24.0 Å². The molecular weight excluding hydrogens is 248 g/mol. The lowest BCUT2D eigenvalue weighted by molar-refractivity contribution is -0.131. The van der Waals surface area contributed by atoms with E-state index in [0.29, 0.717) is 6.61 Å². The van der Waals surface area contributed by atoms with Gasteiger partial charge in [0.2, 0.25) is 0 Å². The normalized spacial score (nSPS) is 20.4. The minimum atomic E-state index is -0.514. The van der Waals surface area contributed by atoms with Gasteiger partial charge in [-0.2, -0.15) is 0 Å². The molecule has 0 aromatic heterocycles. The topological polar surface area (TPSA) is 29.5 Å². The van der Waals surface area contributed by atoms with E-state index in [9.17, 15) is 5.11 Å². The first-order chi connectivity index (χ1) is 9.59. The molecule has 1 N–H and O–H groups in total. The minimum Gasteiger partial charge on any atom is -0.385 e. The lowest BCUT2D eigenvalue weighted by Crippen LogP contribution is -2.39. The van der Waals surface area contributed by atoms with Gasteiger partial charge in [0.15, 0.2) is 0 Å². The van der Waals surface area contributed by atoms with Crippen LogP contribution in [0.2, 0.25) is 0 Å². The Bertz CT molecular complexity index is 431. The molecule has 1 aromatic rings. The van der Waals surface area contributed by atoms with Gasteiger partial charge in [0.05, 0.1) is 5.60 Å². The minimum absolute atomic E-state index is 0.382. The van der Waals surface area contributed by atoms with Crippen LogP contribution in [-0.4, -0.2) is 17.3 Å². The Morgan fingerprint density at radius 2 is 1.75 bits per heavy atom. The van der Waals surface area contributed by atoms with E-state index in [0.717, 1.165) is 31.2 Å². The molecule has 1 fully saturated rings. The molecule has 0 spiro atoms. The second-order valence-corrected chi connectivity index (χ2v) is 6.16. The van der Waals surface area contributed by atoms with Crippen LogP contribution in [0.4, 0.5) is 0 Å². The lowest BCUT2D eigenvalue weighted by atomic mass is 9.83. The Balaban J connectivity index is 2.29. The van der Waals surface area contributed by atoms with Gasteiger partial charge < -0.3 is 9.84 Å². The monoisotopic (exact) mass is 276 g/mol. The van der Waals surface area contributed by atoms with Crippen molar-refractivity contribution in [1.29, 1.82) is 0 Å². The van der Waals surface area contributed by atoms with Crippen LogP contribution in [0.3, 0.4) is 0 Å². The highest BCUT2D eigenvalue weighted by atomic mass is 16.5. The first-order valence-corrected chi connectivity index (χ1v) is 7.98. The molecule has 1 aliphatic rings. The molecule has 0 aliphatic heterocycles. The van der Waals surface area contributed by atoms with E-state index in [-0.39, 0.29) is 5.60 Å². The Morgan fingerprint density at radius 1 is 1.10 bits per heavy atom. The summed E-state index contributed by atoms with van der Waals surface area (Å²) < 4.78 is 6.09. The molecule has 112 valence electrons. The molecule has 2 nitrogen and oxygen atoms in total. The van der Waals surface area contributed by atoms with Crippen LogP contribution in [0.15, 0.2) is 18.2 Å². The van der Waals surface area contributed by atoms with Crippen LogP contribution in [0, 0.1) is 13.8 Å². The van der Waals surface area contributed by atoms with E-state index in [2.05, 4.69) is 32.0 Å². The third kappa shape index (κ3) is 3.24. The molecule has 1 atom stereocenters. The van der Waals surface area contributed by atoms with Crippen molar-refractivity contribution in [1.82, 2.24) is 0 Å². The molecule has 0 heterocycles. The molecule has 1 aliphatic carbocycles. The zero-order chi connectivity index (χ0) is 14.6. The quantitative estimate of drug-likeness (QED) is 0.822. The number of aryl methyl sites for hydroxylation is 2. The number of aliphatic hydroxyl groups excluding tert-OH is 1. The molecular formula is C18H28O2. The highest BCUT2D eigenvalue weighted by molar-refractivity contribution is 5.32. The first kappa shape index (κ1) is 15.5. The first-order valence-electron chi connectivity index (χ1n) is 7.98. The fourth-order valence-corrected chi connectivity index (χ4v) is 3.35. The van der Waals surface area contributed by atoms with Gasteiger partial charge in [0, 0.05) is 6.61 Å². The molecule has 0 radical (unpaired) electrons. The van der Waals surface area contributed by atoms with Crippen molar-refractivity contribution in [3.05, 3.63) is 34.9 Å². The van der Waals surface area contributed by atoms with Crippen molar-refractivity contribution in [2.75, 3.05) is 6.61 Å². The zero-order valence-electron chi connectivity index (χ0n) is 13.1. The van der Waals surface area contributed by atoms with Crippen molar-refractivity contribution in [3.8, 4) is 0 Å². The summed E-state index contributed by atoms with van der Waals surface area (Å²) in [6.45, 7) is 6.91. The summed E-state index contributed by atoms with van der Waals surface area (Å²) in [6.07, 6.45) is 6.25. The molecule has 2 rings (SSSR count). The summed E-state index contributed by atoms with van der Waals surface area (Å²) >= 11 is 0. The van der Waals surface area contributed by atoms with E-state index in [1.807, 2.05) is 6.92 Å². The second kappa shape index (κ2) is 6.73. The van der Waals surface area contributed by atoms with E-state index >= 15 is 0 Å². The third-order valence-corrected chi connectivity index (χ3v) is 4.73. The highest BCUT2D eigenvalue weighted by Gasteiger charge is 2.39. The van der Waals surface area contributed by atoms with Gasteiger partial charge in [0.1, 0.15) is 6.10 Å². The van der Waals surface area contributed by atoms with Crippen LogP contribution in [0.5, 0.6) is 0 Å². The highest BCUT2D eigenvalue weighted by Crippen LogP contribution is 2.40. The smallest absolute Gasteiger partial charge is 0.108 e. The fraction of sp³-hybridized carbons (Fsp3) is 0.667. The molecule has 1 unspecified atom stereocenters. The Labute approximate surface area is 123 Å². The summed E-state index contributed by atoms with van der Waals surface area (Å²) in [6, 6.07) is 6.27. The summed E-state index contributed by atoms with van der Waals surface area (Å²) in [5, 5.41) is 10.9. The predicted octanol–water partition coefficient (Wildman–Crippen LogP) is 4.47. The van der Waals surface area contributed by atoms with E-state index < -0.39 is 6.10 Å². The standard InChI is InChI=1S/C18H28O2/c1-4-20-18(11-7-5-6-8-12-18)17(19)16-10-9-14(2)15(3)13-16/h9-10,13,17,19H,4-8,11-12H2,1-3H3. The maximum atomic E-state index is 10.9. The average Bonchev–Trinajstić information content (AvgIpc) is 2.68.